The largest absolute Gasteiger partial charge is 0.497 e. The molecule has 2 aliphatic rings. The minimum absolute atomic E-state index is 0.0219. The Balaban J connectivity index is 1.30. The molecule has 10 heteroatoms. The lowest BCUT2D eigenvalue weighted by Gasteiger charge is -2.35. The lowest BCUT2D eigenvalue weighted by Crippen LogP contribution is -2.41. The summed E-state index contributed by atoms with van der Waals surface area (Å²) >= 11 is 2.99. The smallest absolute Gasteiger partial charge is 0.230 e. The van der Waals surface area contributed by atoms with Crippen molar-refractivity contribution in [3.63, 3.8) is 0 Å². The summed E-state index contributed by atoms with van der Waals surface area (Å²) in [6.07, 6.45) is 3.70. The van der Waals surface area contributed by atoms with Crippen LogP contribution in [0.1, 0.15) is 30.9 Å². The van der Waals surface area contributed by atoms with Gasteiger partial charge in [-0.15, -0.1) is 10.2 Å². The van der Waals surface area contributed by atoms with E-state index in [9.17, 15) is 4.79 Å². The molecule has 1 unspecified atom stereocenters. The molecule has 2 aromatic rings. The summed E-state index contributed by atoms with van der Waals surface area (Å²) in [6, 6.07) is 8.36. The van der Waals surface area contributed by atoms with Crippen LogP contribution in [0.25, 0.3) is 0 Å². The Hall–Kier alpha value is -1.88. The summed E-state index contributed by atoms with van der Waals surface area (Å²) < 4.78 is 11.5. The van der Waals surface area contributed by atoms with Gasteiger partial charge in [-0.1, -0.05) is 41.7 Å². The standard InChI is InChI=1S/C22H31N5O3S2/c1-29-18-7-5-17(6-8-18)19(26-9-3-2-4-10-26)15-23-20(28)16-31-22-25-24-21(32-22)27-11-13-30-14-12-27/h5-8,19H,2-4,9-16H2,1H3,(H,23,28). The van der Waals surface area contributed by atoms with Gasteiger partial charge in [-0.05, 0) is 43.6 Å². The molecule has 4 rings (SSSR count). The van der Waals surface area contributed by atoms with Gasteiger partial charge in [0.05, 0.1) is 32.1 Å². The summed E-state index contributed by atoms with van der Waals surface area (Å²) in [5, 5.41) is 12.6. The first kappa shape index (κ1) is 23.3. The highest BCUT2D eigenvalue weighted by molar-refractivity contribution is 8.01. The van der Waals surface area contributed by atoms with Crippen LogP contribution in [-0.2, 0) is 9.53 Å². The third kappa shape index (κ3) is 6.34. The van der Waals surface area contributed by atoms with Crippen LogP contribution in [0, 0.1) is 0 Å². The van der Waals surface area contributed by atoms with Crippen LogP contribution in [-0.4, -0.2) is 79.8 Å². The molecule has 1 atom stereocenters. The minimum atomic E-state index is 0.0219. The molecule has 1 aromatic carbocycles. The predicted octanol–water partition coefficient (Wildman–Crippen LogP) is 2.82. The molecule has 2 fully saturated rings. The van der Waals surface area contributed by atoms with Gasteiger partial charge in [0, 0.05) is 19.6 Å². The highest BCUT2D eigenvalue weighted by atomic mass is 32.2. The lowest BCUT2D eigenvalue weighted by molar-refractivity contribution is -0.118. The van der Waals surface area contributed by atoms with Gasteiger partial charge in [-0.2, -0.15) is 0 Å². The second-order valence-electron chi connectivity index (χ2n) is 7.93. The van der Waals surface area contributed by atoms with E-state index in [-0.39, 0.29) is 11.9 Å². The third-order valence-electron chi connectivity index (χ3n) is 5.83. The number of hydrogen-bond acceptors (Lipinski definition) is 9. The van der Waals surface area contributed by atoms with E-state index in [0.717, 1.165) is 54.6 Å². The maximum absolute atomic E-state index is 12.6. The van der Waals surface area contributed by atoms with Gasteiger partial charge in [0.25, 0.3) is 0 Å². The number of anilines is 1. The Bertz CT molecular complexity index is 852. The van der Waals surface area contributed by atoms with E-state index in [1.165, 1.54) is 47.9 Å². The molecule has 174 valence electrons. The average molecular weight is 478 g/mol. The molecule has 0 spiro atoms. The maximum Gasteiger partial charge on any atom is 0.230 e. The van der Waals surface area contributed by atoms with Crippen molar-refractivity contribution >= 4 is 34.1 Å². The molecule has 0 bridgehead atoms. The van der Waals surface area contributed by atoms with E-state index in [1.807, 2.05) is 12.1 Å². The first-order valence-electron chi connectivity index (χ1n) is 11.2. The van der Waals surface area contributed by atoms with E-state index in [2.05, 4.69) is 37.4 Å². The van der Waals surface area contributed by atoms with E-state index in [4.69, 9.17) is 9.47 Å². The van der Waals surface area contributed by atoms with Crippen LogP contribution in [0.15, 0.2) is 28.6 Å². The predicted molar refractivity (Wildman–Crippen MR) is 128 cm³/mol. The van der Waals surface area contributed by atoms with E-state index < -0.39 is 0 Å². The van der Waals surface area contributed by atoms with Crippen LogP contribution < -0.4 is 15.0 Å². The summed E-state index contributed by atoms with van der Waals surface area (Å²) in [5.41, 5.74) is 1.21. The van der Waals surface area contributed by atoms with Crippen LogP contribution in [0.2, 0.25) is 0 Å². The van der Waals surface area contributed by atoms with Crippen molar-refractivity contribution in [1.29, 1.82) is 0 Å². The van der Waals surface area contributed by atoms with Gasteiger partial charge in [0.15, 0.2) is 4.34 Å². The number of carbonyl (C=O) groups is 1. The summed E-state index contributed by atoms with van der Waals surface area (Å²) in [5.74, 6) is 1.21. The summed E-state index contributed by atoms with van der Waals surface area (Å²) in [6.45, 7) is 5.84. The number of piperidine rings is 1. The monoisotopic (exact) mass is 477 g/mol. The van der Waals surface area contributed by atoms with Crippen molar-refractivity contribution in [1.82, 2.24) is 20.4 Å². The van der Waals surface area contributed by atoms with Crippen LogP contribution in [0.5, 0.6) is 5.75 Å². The van der Waals surface area contributed by atoms with Gasteiger partial charge < -0.3 is 19.7 Å². The Morgan fingerprint density at radius 3 is 2.62 bits per heavy atom. The first-order chi connectivity index (χ1) is 15.7. The maximum atomic E-state index is 12.6. The second kappa shape index (κ2) is 11.8. The highest BCUT2D eigenvalue weighted by Crippen LogP contribution is 2.29. The molecular weight excluding hydrogens is 446 g/mol. The number of nitrogens with one attached hydrogen (secondary N) is 1. The number of hydrogen-bond donors (Lipinski definition) is 1. The van der Waals surface area contributed by atoms with Gasteiger partial charge >= 0.3 is 0 Å². The molecule has 32 heavy (non-hydrogen) atoms. The van der Waals surface area contributed by atoms with Crippen molar-refractivity contribution in [2.75, 3.05) is 63.7 Å². The SMILES string of the molecule is COc1ccc(C(CNC(=O)CSc2nnc(N3CCOCC3)s2)N2CCCCC2)cc1. The van der Waals surface area contributed by atoms with E-state index in [1.54, 1.807) is 7.11 Å². The fourth-order valence-electron chi connectivity index (χ4n) is 4.05. The number of likely N-dealkylation sites (tertiary alicyclic amines) is 1. The number of carbonyl (C=O) groups excluding carboxylic acids is 1. The molecular formula is C22H31N5O3S2. The number of ether oxygens (including phenoxy) is 2. The molecule has 8 nitrogen and oxygen atoms in total. The van der Waals surface area contributed by atoms with Gasteiger partial charge in [0.2, 0.25) is 11.0 Å². The number of nitrogens with zero attached hydrogens (tertiary/aromatic N) is 4. The van der Waals surface area contributed by atoms with Crippen molar-refractivity contribution in [2.45, 2.75) is 29.6 Å². The number of methoxy groups -OCH3 is 1. The van der Waals surface area contributed by atoms with Crippen molar-refractivity contribution in [3.8, 4) is 5.75 Å². The minimum Gasteiger partial charge on any atom is -0.497 e. The highest BCUT2D eigenvalue weighted by Gasteiger charge is 2.23. The first-order valence-corrected chi connectivity index (χ1v) is 13.0. The van der Waals surface area contributed by atoms with E-state index >= 15 is 0 Å². The van der Waals surface area contributed by atoms with Gasteiger partial charge in [0.1, 0.15) is 5.75 Å². The Labute approximate surface area is 197 Å². The quantitative estimate of drug-likeness (QED) is 0.553. The molecule has 0 radical (unpaired) electrons. The average Bonchev–Trinajstić information content (AvgIpc) is 3.34. The molecule has 0 aliphatic carbocycles. The van der Waals surface area contributed by atoms with Crippen LogP contribution >= 0.6 is 23.1 Å². The number of benzene rings is 1. The van der Waals surface area contributed by atoms with Crippen LogP contribution in [0.3, 0.4) is 0 Å². The molecule has 3 heterocycles. The molecule has 2 aliphatic heterocycles. The van der Waals surface area contributed by atoms with E-state index in [0.29, 0.717) is 12.3 Å². The number of aromatic nitrogens is 2. The molecule has 1 N–H and O–H groups in total. The number of rotatable bonds is 9. The van der Waals surface area contributed by atoms with Crippen LogP contribution in [0.4, 0.5) is 5.13 Å². The summed E-state index contributed by atoms with van der Waals surface area (Å²) in [7, 11) is 1.68. The zero-order valence-electron chi connectivity index (χ0n) is 18.5. The van der Waals surface area contributed by atoms with Crippen molar-refractivity contribution < 1.29 is 14.3 Å². The second-order valence-corrected chi connectivity index (χ2v) is 10.1. The molecule has 1 amide bonds. The Kier molecular flexibility index (Phi) is 8.61. The summed E-state index contributed by atoms with van der Waals surface area (Å²) in [4.78, 5) is 17.3. The zero-order valence-corrected chi connectivity index (χ0v) is 20.1. The van der Waals surface area contributed by atoms with Crippen molar-refractivity contribution in [3.05, 3.63) is 29.8 Å². The normalized spacial score (nSPS) is 18.3. The lowest BCUT2D eigenvalue weighted by atomic mass is 10.0. The number of thioether (sulfide) groups is 1. The van der Waals surface area contributed by atoms with Gasteiger partial charge in [-0.3, -0.25) is 9.69 Å². The zero-order chi connectivity index (χ0) is 22.2. The Morgan fingerprint density at radius 1 is 1.16 bits per heavy atom. The topological polar surface area (TPSA) is 79.8 Å². The fourth-order valence-corrected chi connectivity index (χ4v) is 5.77. The Morgan fingerprint density at radius 2 is 1.91 bits per heavy atom. The molecule has 0 saturated carbocycles. The van der Waals surface area contributed by atoms with Crippen molar-refractivity contribution in [2.24, 2.45) is 0 Å². The third-order valence-corrected chi connectivity index (χ3v) is 7.95. The number of amides is 1. The molecule has 1 aromatic heterocycles. The number of morpholine rings is 1. The van der Waals surface area contributed by atoms with Gasteiger partial charge in [-0.25, -0.2) is 0 Å². The fraction of sp³-hybridized carbons (Fsp3) is 0.591. The molecule has 2 saturated heterocycles.